The second-order valence-corrected chi connectivity index (χ2v) is 7.15. The first-order valence-corrected chi connectivity index (χ1v) is 8.52. The van der Waals surface area contributed by atoms with Gasteiger partial charge in [-0.25, -0.2) is 0 Å². The predicted octanol–water partition coefficient (Wildman–Crippen LogP) is 2.22. The summed E-state index contributed by atoms with van der Waals surface area (Å²) in [5, 5.41) is 0. The van der Waals surface area contributed by atoms with Crippen LogP contribution >= 0.6 is 0 Å². The Balaban J connectivity index is 2.13. The molecule has 1 fully saturated rings. The molecule has 1 aliphatic rings. The van der Waals surface area contributed by atoms with Gasteiger partial charge < -0.3 is 5.73 Å². The molecule has 0 radical (unpaired) electrons. The first-order chi connectivity index (χ1) is 9.42. The number of anilines is 2. The maximum absolute atomic E-state index is 12.3. The topological polar surface area (TPSA) is 75.4 Å². The van der Waals surface area contributed by atoms with Crippen LogP contribution in [0.3, 0.4) is 0 Å². The van der Waals surface area contributed by atoms with Gasteiger partial charge in [-0.1, -0.05) is 19.9 Å². The Hall–Kier alpha value is -1.27. The van der Waals surface area contributed by atoms with Gasteiger partial charge in [-0.05, 0) is 42.9 Å². The SMILES string of the molecule is CCc1ccc(NS(=O)(=O)N2CCCC(C)C2)cc1N. The number of nitrogen functional groups attached to an aromatic ring is 1. The Labute approximate surface area is 121 Å². The van der Waals surface area contributed by atoms with Crippen molar-refractivity contribution < 1.29 is 8.42 Å². The fourth-order valence-corrected chi connectivity index (χ4v) is 3.93. The van der Waals surface area contributed by atoms with E-state index in [0.717, 1.165) is 24.8 Å². The van der Waals surface area contributed by atoms with Crippen LogP contribution < -0.4 is 10.5 Å². The van der Waals surface area contributed by atoms with E-state index in [4.69, 9.17) is 5.73 Å². The molecule has 1 atom stereocenters. The Morgan fingerprint density at radius 3 is 2.80 bits per heavy atom. The fourth-order valence-electron chi connectivity index (χ4n) is 2.56. The maximum Gasteiger partial charge on any atom is 0.301 e. The first-order valence-electron chi connectivity index (χ1n) is 7.08. The van der Waals surface area contributed by atoms with Crippen LogP contribution in [0, 0.1) is 5.92 Å². The average molecular weight is 297 g/mol. The minimum Gasteiger partial charge on any atom is -0.398 e. The molecule has 5 nitrogen and oxygen atoms in total. The van der Waals surface area contributed by atoms with E-state index < -0.39 is 10.2 Å². The van der Waals surface area contributed by atoms with Crippen LogP contribution in [0.4, 0.5) is 11.4 Å². The zero-order valence-electron chi connectivity index (χ0n) is 12.1. The van der Waals surface area contributed by atoms with Crippen molar-refractivity contribution in [1.82, 2.24) is 4.31 Å². The molecule has 1 aliphatic heterocycles. The molecule has 1 aromatic rings. The predicted molar refractivity (Wildman–Crippen MR) is 82.7 cm³/mol. The van der Waals surface area contributed by atoms with Crippen molar-refractivity contribution in [3.05, 3.63) is 23.8 Å². The lowest BCUT2D eigenvalue weighted by atomic mass is 10.0. The highest BCUT2D eigenvalue weighted by Gasteiger charge is 2.26. The summed E-state index contributed by atoms with van der Waals surface area (Å²) in [6.45, 7) is 5.26. The van der Waals surface area contributed by atoms with E-state index in [2.05, 4.69) is 11.6 Å². The van der Waals surface area contributed by atoms with E-state index in [1.807, 2.05) is 13.0 Å². The highest BCUT2D eigenvalue weighted by atomic mass is 32.2. The molecule has 20 heavy (non-hydrogen) atoms. The van der Waals surface area contributed by atoms with Crippen LogP contribution in [0.5, 0.6) is 0 Å². The van der Waals surface area contributed by atoms with Gasteiger partial charge in [0.25, 0.3) is 0 Å². The molecule has 112 valence electrons. The normalized spacial score (nSPS) is 20.8. The number of nitrogens with one attached hydrogen (secondary N) is 1. The third-order valence-corrected chi connectivity index (χ3v) is 5.24. The summed E-state index contributed by atoms with van der Waals surface area (Å²) in [7, 11) is -3.48. The number of rotatable bonds is 4. The Morgan fingerprint density at radius 2 is 2.20 bits per heavy atom. The van der Waals surface area contributed by atoms with Gasteiger partial charge in [0.2, 0.25) is 0 Å². The summed E-state index contributed by atoms with van der Waals surface area (Å²) < 4.78 is 28.8. The van der Waals surface area contributed by atoms with E-state index in [9.17, 15) is 8.42 Å². The minimum absolute atomic E-state index is 0.410. The van der Waals surface area contributed by atoms with E-state index in [1.165, 1.54) is 4.31 Å². The highest BCUT2D eigenvalue weighted by molar-refractivity contribution is 7.90. The van der Waals surface area contributed by atoms with Gasteiger partial charge in [0.05, 0.1) is 5.69 Å². The monoisotopic (exact) mass is 297 g/mol. The van der Waals surface area contributed by atoms with Crippen molar-refractivity contribution in [3.8, 4) is 0 Å². The molecule has 6 heteroatoms. The number of nitrogens with two attached hydrogens (primary N) is 1. The Morgan fingerprint density at radius 1 is 1.45 bits per heavy atom. The zero-order valence-corrected chi connectivity index (χ0v) is 12.9. The zero-order chi connectivity index (χ0) is 14.8. The van der Waals surface area contributed by atoms with Crippen LogP contribution in [-0.2, 0) is 16.6 Å². The molecule has 0 bridgehead atoms. The van der Waals surface area contributed by atoms with Gasteiger partial charge in [0, 0.05) is 18.8 Å². The van der Waals surface area contributed by atoms with Crippen molar-refractivity contribution in [2.24, 2.45) is 5.92 Å². The number of benzene rings is 1. The van der Waals surface area contributed by atoms with Crippen LogP contribution in [0.2, 0.25) is 0 Å². The number of aryl methyl sites for hydroxylation is 1. The van der Waals surface area contributed by atoms with Gasteiger partial charge >= 0.3 is 10.2 Å². The lowest BCUT2D eigenvalue weighted by molar-refractivity contribution is 0.282. The largest absolute Gasteiger partial charge is 0.398 e. The van der Waals surface area contributed by atoms with Gasteiger partial charge in [-0.15, -0.1) is 0 Å². The van der Waals surface area contributed by atoms with E-state index in [-0.39, 0.29) is 0 Å². The van der Waals surface area contributed by atoms with Crippen LogP contribution in [-0.4, -0.2) is 25.8 Å². The molecule has 0 spiro atoms. The van der Waals surface area contributed by atoms with Crippen molar-refractivity contribution in [1.29, 1.82) is 0 Å². The molecule has 2 rings (SSSR count). The summed E-state index contributed by atoms with van der Waals surface area (Å²) in [5.74, 6) is 0.410. The summed E-state index contributed by atoms with van der Waals surface area (Å²) in [6, 6.07) is 5.32. The Kier molecular flexibility index (Phi) is 4.55. The molecule has 0 aliphatic carbocycles. The quantitative estimate of drug-likeness (QED) is 0.837. The molecule has 1 unspecified atom stereocenters. The molecule has 3 N–H and O–H groups in total. The summed E-state index contributed by atoms with van der Waals surface area (Å²) in [6.07, 6.45) is 2.84. The standard InChI is InChI=1S/C14H23N3O2S/c1-3-12-6-7-13(9-14(12)15)16-20(18,19)17-8-4-5-11(2)10-17/h6-7,9,11,16H,3-5,8,10,15H2,1-2H3. The van der Waals surface area contributed by atoms with Crippen LogP contribution in [0.25, 0.3) is 0 Å². The molecule has 1 heterocycles. The van der Waals surface area contributed by atoms with Crippen molar-refractivity contribution >= 4 is 21.6 Å². The fraction of sp³-hybridized carbons (Fsp3) is 0.571. The number of piperidine rings is 1. The molecular weight excluding hydrogens is 274 g/mol. The van der Waals surface area contributed by atoms with Crippen LogP contribution in [0.1, 0.15) is 32.3 Å². The molecule has 1 aromatic carbocycles. The molecule has 0 amide bonds. The van der Waals surface area contributed by atoms with Gasteiger partial charge in [0.15, 0.2) is 0 Å². The lowest BCUT2D eigenvalue weighted by Crippen LogP contribution is -2.42. The third kappa shape index (κ3) is 3.43. The summed E-state index contributed by atoms with van der Waals surface area (Å²) in [5.41, 5.74) is 8.08. The molecule has 0 aromatic heterocycles. The Bertz CT molecular complexity index is 572. The lowest BCUT2D eigenvalue weighted by Gasteiger charge is -2.30. The van der Waals surface area contributed by atoms with E-state index >= 15 is 0 Å². The van der Waals surface area contributed by atoms with Gasteiger partial charge in [-0.2, -0.15) is 12.7 Å². The smallest absolute Gasteiger partial charge is 0.301 e. The molecular formula is C14H23N3O2S. The number of hydrogen-bond donors (Lipinski definition) is 2. The third-order valence-electron chi connectivity index (χ3n) is 3.73. The van der Waals surface area contributed by atoms with Crippen molar-refractivity contribution in [2.45, 2.75) is 33.1 Å². The van der Waals surface area contributed by atoms with Crippen LogP contribution in [0.15, 0.2) is 18.2 Å². The number of hydrogen-bond acceptors (Lipinski definition) is 3. The second kappa shape index (κ2) is 6.01. The minimum atomic E-state index is -3.48. The van der Waals surface area contributed by atoms with Gasteiger partial charge in [-0.3, -0.25) is 4.72 Å². The second-order valence-electron chi connectivity index (χ2n) is 5.48. The average Bonchev–Trinajstić information content (AvgIpc) is 2.38. The van der Waals surface area contributed by atoms with Crippen molar-refractivity contribution in [2.75, 3.05) is 23.5 Å². The molecule has 0 saturated carbocycles. The summed E-state index contributed by atoms with van der Waals surface area (Å²) >= 11 is 0. The van der Waals surface area contributed by atoms with E-state index in [1.54, 1.807) is 12.1 Å². The maximum atomic E-state index is 12.3. The number of nitrogens with zero attached hydrogens (tertiary/aromatic N) is 1. The summed E-state index contributed by atoms with van der Waals surface area (Å²) in [4.78, 5) is 0. The molecule has 1 saturated heterocycles. The van der Waals surface area contributed by atoms with E-state index in [0.29, 0.717) is 30.4 Å². The highest BCUT2D eigenvalue weighted by Crippen LogP contribution is 2.23. The van der Waals surface area contributed by atoms with Gasteiger partial charge in [0.1, 0.15) is 0 Å². The first kappa shape index (κ1) is 15.1. The van der Waals surface area contributed by atoms with Crippen molar-refractivity contribution in [3.63, 3.8) is 0 Å².